The van der Waals surface area contributed by atoms with Crippen molar-refractivity contribution in [3.8, 4) is 0 Å². The van der Waals surface area contributed by atoms with E-state index in [-0.39, 0.29) is 0 Å². The predicted molar refractivity (Wildman–Crippen MR) is 86.7 cm³/mol. The summed E-state index contributed by atoms with van der Waals surface area (Å²) >= 11 is 5.11. The lowest BCUT2D eigenvalue weighted by Crippen LogP contribution is -2.34. The van der Waals surface area contributed by atoms with E-state index in [0.717, 1.165) is 12.1 Å². The summed E-state index contributed by atoms with van der Waals surface area (Å²) in [6.07, 6.45) is 1.77. The van der Waals surface area contributed by atoms with Crippen molar-refractivity contribution in [2.75, 3.05) is 6.54 Å². The van der Waals surface area contributed by atoms with Crippen LogP contribution < -0.4 is 10.7 Å². The van der Waals surface area contributed by atoms with E-state index in [4.69, 9.17) is 12.2 Å². The molecule has 0 aromatic heterocycles. The normalized spacial score (nSPS) is 11.3. The third-order valence-electron chi connectivity index (χ3n) is 2.65. The molecular weight excluding hydrogens is 254 g/mol. The van der Waals surface area contributed by atoms with E-state index < -0.39 is 0 Å². The molecule has 1 aromatic carbocycles. The number of hydrazone groups is 1. The third kappa shape index (κ3) is 6.34. The van der Waals surface area contributed by atoms with E-state index in [9.17, 15) is 0 Å². The van der Waals surface area contributed by atoms with Crippen LogP contribution in [-0.2, 0) is 0 Å². The first kappa shape index (κ1) is 15.6. The van der Waals surface area contributed by atoms with Gasteiger partial charge in [-0.25, -0.2) is 0 Å². The molecule has 19 heavy (non-hydrogen) atoms. The Kier molecular flexibility index (Phi) is 6.50. The van der Waals surface area contributed by atoms with Crippen molar-refractivity contribution in [3.05, 3.63) is 35.4 Å². The number of hydrogen-bond donors (Lipinski definition) is 2. The molecule has 0 saturated heterocycles. The minimum Gasteiger partial charge on any atom is -0.361 e. The fourth-order valence-corrected chi connectivity index (χ4v) is 1.60. The largest absolute Gasteiger partial charge is 0.361 e. The summed E-state index contributed by atoms with van der Waals surface area (Å²) in [5.41, 5.74) is 5.21. The Morgan fingerprint density at radius 1 is 1.21 bits per heavy atom. The summed E-state index contributed by atoms with van der Waals surface area (Å²) in [4.78, 5) is 0. The second-order valence-corrected chi connectivity index (χ2v) is 5.70. The van der Waals surface area contributed by atoms with Crippen molar-refractivity contribution >= 4 is 23.5 Å². The molecule has 4 heteroatoms. The maximum Gasteiger partial charge on any atom is 0.186 e. The zero-order valence-corrected chi connectivity index (χ0v) is 12.9. The Bertz CT molecular complexity index is 422. The second kappa shape index (κ2) is 7.89. The molecule has 2 N–H and O–H groups in total. The first-order chi connectivity index (χ1) is 8.99. The molecule has 0 aliphatic carbocycles. The van der Waals surface area contributed by atoms with Gasteiger partial charge in [-0.15, -0.1) is 0 Å². The molecule has 0 amide bonds. The Morgan fingerprint density at radius 3 is 2.37 bits per heavy atom. The van der Waals surface area contributed by atoms with Crippen LogP contribution in [0.1, 0.15) is 44.7 Å². The Balaban J connectivity index is 2.42. The van der Waals surface area contributed by atoms with Gasteiger partial charge < -0.3 is 5.32 Å². The van der Waals surface area contributed by atoms with Crippen molar-refractivity contribution < 1.29 is 0 Å². The average Bonchev–Trinajstić information content (AvgIpc) is 2.37. The van der Waals surface area contributed by atoms with E-state index in [1.807, 2.05) is 0 Å². The number of thiocarbonyl (C=S) groups is 1. The SMILES string of the molecule is CC(C)CNC(=S)N/N=C\c1ccc(C(C)C)cc1. The van der Waals surface area contributed by atoms with E-state index >= 15 is 0 Å². The van der Waals surface area contributed by atoms with Gasteiger partial charge >= 0.3 is 0 Å². The Morgan fingerprint density at radius 2 is 1.84 bits per heavy atom. The maximum absolute atomic E-state index is 5.11. The van der Waals surface area contributed by atoms with Gasteiger partial charge in [-0.3, -0.25) is 5.43 Å². The van der Waals surface area contributed by atoms with Gasteiger partial charge in [-0.1, -0.05) is 52.0 Å². The van der Waals surface area contributed by atoms with Gasteiger partial charge in [0.1, 0.15) is 0 Å². The van der Waals surface area contributed by atoms with Crippen LogP contribution in [0, 0.1) is 5.92 Å². The van der Waals surface area contributed by atoms with Crippen LogP contribution in [0.25, 0.3) is 0 Å². The standard InChI is InChI=1S/C15H23N3S/c1-11(2)9-16-15(19)18-17-10-13-5-7-14(8-6-13)12(3)4/h5-8,10-12H,9H2,1-4H3,(H2,16,18,19)/b17-10-. The highest BCUT2D eigenvalue weighted by Crippen LogP contribution is 2.13. The zero-order chi connectivity index (χ0) is 14.3. The molecule has 0 radical (unpaired) electrons. The van der Waals surface area contributed by atoms with Crippen LogP contribution in [0.5, 0.6) is 0 Å². The van der Waals surface area contributed by atoms with Gasteiger partial charge in [0.15, 0.2) is 5.11 Å². The smallest absolute Gasteiger partial charge is 0.186 e. The third-order valence-corrected chi connectivity index (χ3v) is 2.89. The molecule has 104 valence electrons. The molecule has 0 unspecified atom stereocenters. The molecule has 0 fully saturated rings. The first-order valence-corrected chi connectivity index (χ1v) is 7.06. The van der Waals surface area contributed by atoms with Crippen LogP contribution in [0.2, 0.25) is 0 Å². The number of nitrogens with zero attached hydrogens (tertiary/aromatic N) is 1. The lowest BCUT2D eigenvalue weighted by Gasteiger charge is -2.08. The minimum absolute atomic E-state index is 0.553. The lowest BCUT2D eigenvalue weighted by atomic mass is 10.0. The first-order valence-electron chi connectivity index (χ1n) is 6.66. The molecular formula is C15H23N3S. The minimum atomic E-state index is 0.553. The van der Waals surface area contributed by atoms with Crippen LogP contribution in [0.4, 0.5) is 0 Å². The summed E-state index contributed by atoms with van der Waals surface area (Å²) in [5, 5.41) is 7.77. The van der Waals surface area contributed by atoms with E-state index in [2.05, 4.69) is 67.8 Å². The highest BCUT2D eigenvalue weighted by molar-refractivity contribution is 7.80. The summed E-state index contributed by atoms with van der Waals surface area (Å²) in [5.74, 6) is 1.12. The molecule has 0 aliphatic heterocycles. The summed E-state index contributed by atoms with van der Waals surface area (Å²) in [6.45, 7) is 9.49. The van der Waals surface area contributed by atoms with Gasteiger partial charge in [0, 0.05) is 6.54 Å². The molecule has 0 heterocycles. The highest BCUT2D eigenvalue weighted by atomic mass is 32.1. The zero-order valence-electron chi connectivity index (χ0n) is 12.1. The van der Waals surface area contributed by atoms with E-state index in [0.29, 0.717) is 16.9 Å². The summed E-state index contributed by atoms with van der Waals surface area (Å²) < 4.78 is 0. The number of benzene rings is 1. The monoisotopic (exact) mass is 277 g/mol. The summed E-state index contributed by atoms with van der Waals surface area (Å²) in [6, 6.07) is 8.37. The van der Waals surface area contributed by atoms with Crippen molar-refractivity contribution in [2.45, 2.75) is 33.6 Å². The van der Waals surface area contributed by atoms with Crippen LogP contribution >= 0.6 is 12.2 Å². The van der Waals surface area contributed by atoms with Gasteiger partial charge in [-0.05, 0) is 35.2 Å². The molecule has 1 aromatic rings. The summed E-state index contributed by atoms with van der Waals surface area (Å²) in [7, 11) is 0. The van der Waals surface area contributed by atoms with Crippen LogP contribution in [0.15, 0.2) is 29.4 Å². The molecule has 0 bridgehead atoms. The van der Waals surface area contributed by atoms with Gasteiger partial charge in [0.2, 0.25) is 0 Å². The quantitative estimate of drug-likeness (QED) is 0.493. The Labute approximate surface area is 121 Å². The highest BCUT2D eigenvalue weighted by Gasteiger charge is 1.98. The Hall–Kier alpha value is -1.42. The predicted octanol–water partition coefficient (Wildman–Crippen LogP) is 3.26. The molecule has 3 nitrogen and oxygen atoms in total. The van der Waals surface area contributed by atoms with Gasteiger partial charge in [0.05, 0.1) is 6.21 Å². The lowest BCUT2D eigenvalue weighted by molar-refractivity contribution is 0.621. The van der Waals surface area contributed by atoms with Crippen molar-refractivity contribution in [1.82, 2.24) is 10.7 Å². The van der Waals surface area contributed by atoms with Crippen molar-refractivity contribution in [1.29, 1.82) is 0 Å². The molecule has 1 rings (SSSR count). The van der Waals surface area contributed by atoms with Gasteiger partial charge in [0.25, 0.3) is 0 Å². The van der Waals surface area contributed by atoms with Gasteiger partial charge in [-0.2, -0.15) is 5.10 Å². The fourth-order valence-electron chi connectivity index (χ4n) is 1.47. The van der Waals surface area contributed by atoms with E-state index in [1.165, 1.54) is 5.56 Å². The topological polar surface area (TPSA) is 36.4 Å². The van der Waals surface area contributed by atoms with Crippen LogP contribution in [0.3, 0.4) is 0 Å². The fraction of sp³-hybridized carbons (Fsp3) is 0.467. The van der Waals surface area contributed by atoms with Crippen molar-refractivity contribution in [3.63, 3.8) is 0 Å². The van der Waals surface area contributed by atoms with Crippen molar-refractivity contribution in [2.24, 2.45) is 11.0 Å². The number of hydrogen-bond acceptors (Lipinski definition) is 2. The van der Waals surface area contributed by atoms with Crippen LogP contribution in [-0.4, -0.2) is 17.9 Å². The number of rotatable bonds is 5. The van der Waals surface area contributed by atoms with E-state index in [1.54, 1.807) is 6.21 Å². The molecule has 0 aliphatic rings. The maximum atomic E-state index is 5.11. The molecule has 0 spiro atoms. The average molecular weight is 277 g/mol. The number of nitrogens with one attached hydrogen (secondary N) is 2. The molecule has 0 atom stereocenters. The molecule has 0 saturated carbocycles. The second-order valence-electron chi connectivity index (χ2n) is 5.30.